The highest BCUT2D eigenvalue weighted by molar-refractivity contribution is 9.10. The molecule has 0 unspecified atom stereocenters. The van der Waals surface area contributed by atoms with E-state index in [1.165, 1.54) is 30.6 Å². The zero-order valence-corrected chi connectivity index (χ0v) is 11.8. The molecule has 2 rings (SSSR count). The first kappa shape index (κ1) is 15.3. The molecule has 0 fully saturated rings. The molecule has 8 heteroatoms. The van der Waals surface area contributed by atoms with Crippen LogP contribution in [0.4, 0.5) is 13.2 Å². The number of aromatic nitrogens is 1. The summed E-state index contributed by atoms with van der Waals surface area (Å²) in [6.45, 7) is 0. The molecule has 0 saturated heterocycles. The molecule has 0 N–H and O–H groups in total. The van der Waals surface area contributed by atoms with E-state index >= 15 is 0 Å². The Labute approximate surface area is 125 Å². The van der Waals surface area contributed by atoms with E-state index in [0.717, 1.165) is 6.07 Å². The number of alkyl halides is 3. The lowest BCUT2D eigenvalue weighted by Crippen LogP contribution is -2.17. The average Bonchev–Trinajstić information content (AvgIpc) is 2.41. The third-order valence-corrected chi connectivity index (χ3v) is 2.85. The van der Waals surface area contributed by atoms with Crippen LogP contribution in [-0.2, 0) is 0 Å². The zero-order valence-electron chi connectivity index (χ0n) is 10.2. The molecule has 4 nitrogen and oxygen atoms in total. The fourth-order valence-corrected chi connectivity index (χ4v) is 1.88. The van der Waals surface area contributed by atoms with Crippen molar-refractivity contribution in [2.45, 2.75) is 6.36 Å². The number of ether oxygens (including phenoxy) is 2. The Morgan fingerprint density at radius 2 is 1.90 bits per heavy atom. The average molecular weight is 362 g/mol. The molecule has 0 atom stereocenters. The second kappa shape index (κ2) is 6.13. The van der Waals surface area contributed by atoms with Gasteiger partial charge in [-0.05, 0) is 40.2 Å². The fourth-order valence-electron chi connectivity index (χ4n) is 1.44. The Morgan fingerprint density at radius 1 is 1.14 bits per heavy atom. The van der Waals surface area contributed by atoms with Gasteiger partial charge in [0.1, 0.15) is 17.2 Å². The van der Waals surface area contributed by atoms with E-state index in [0.29, 0.717) is 11.8 Å². The largest absolute Gasteiger partial charge is 0.573 e. The summed E-state index contributed by atoms with van der Waals surface area (Å²) in [5.74, 6) is 0.173. The lowest BCUT2D eigenvalue weighted by Gasteiger charge is -2.12. The number of benzene rings is 1. The third kappa shape index (κ3) is 4.45. The Balaban J connectivity index is 2.18. The van der Waals surface area contributed by atoms with Crippen molar-refractivity contribution >= 4 is 22.2 Å². The molecular formula is C13H7BrF3NO3. The number of carbonyl (C=O) groups excluding carboxylic acids is 1. The SMILES string of the molecule is O=Cc1cncc(Oc2ccc(OC(F)(F)F)c(Br)c2)c1. The van der Waals surface area contributed by atoms with E-state index in [1.54, 1.807) is 0 Å². The Morgan fingerprint density at radius 3 is 2.52 bits per heavy atom. The summed E-state index contributed by atoms with van der Waals surface area (Å²) in [4.78, 5) is 14.4. The molecule has 1 aromatic heterocycles. The molecule has 0 aliphatic heterocycles. The molecule has 0 radical (unpaired) electrons. The highest BCUT2D eigenvalue weighted by atomic mass is 79.9. The number of hydrogen-bond donors (Lipinski definition) is 0. The normalized spacial score (nSPS) is 11.0. The van der Waals surface area contributed by atoms with E-state index < -0.39 is 6.36 Å². The smallest absolute Gasteiger partial charge is 0.456 e. The van der Waals surface area contributed by atoms with Crippen LogP contribution >= 0.6 is 15.9 Å². The molecule has 0 amide bonds. The quantitative estimate of drug-likeness (QED) is 0.759. The van der Waals surface area contributed by atoms with E-state index in [-0.39, 0.29) is 21.7 Å². The highest BCUT2D eigenvalue weighted by Gasteiger charge is 2.32. The van der Waals surface area contributed by atoms with Gasteiger partial charge in [0.25, 0.3) is 0 Å². The van der Waals surface area contributed by atoms with Crippen LogP contribution in [0.1, 0.15) is 10.4 Å². The predicted molar refractivity (Wildman–Crippen MR) is 70.5 cm³/mol. The summed E-state index contributed by atoms with van der Waals surface area (Å²) in [6.07, 6.45) is -1.43. The van der Waals surface area contributed by atoms with E-state index in [2.05, 4.69) is 25.7 Å². The minimum atomic E-state index is -4.77. The van der Waals surface area contributed by atoms with Gasteiger partial charge in [0.2, 0.25) is 0 Å². The highest BCUT2D eigenvalue weighted by Crippen LogP contribution is 2.34. The molecule has 2 aromatic rings. The van der Waals surface area contributed by atoms with Crippen LogP contribution in [0.3, 0.4) is 0 Å². The zero-order chi connectivity index (χ0) is 15.5. The summed E-state index contributed by atoms with van der Waals surface area (Å²) in [6, 6.07) is 5.19. The van der Waals surface area contributed by atoms with Crippen LogP contribution in [0.25, 0.3) is 0 Å². The first-order valence-corrected chi connectivity index (χ1v) is 6.30. The van der Waals surface area contributed by atoms with Gasteiger partial charge in [-0.3, -0.25) is 9.78 Å². The number of halogens is 4. The van der Waals surface area contributed by atoms with E-state index in [1.807, 2.05) is 0 Å². The molecular weight excluding hydrogens is 355 g/mol. The topological polar surface area (TPSA) is 48.4 Å². The van der Waals surface area contributed by atoms with Crippen LogP contribution in [0.2, 0.25) is 0 Å². The number of nitrogens with zero attached hydrogens (tertiary/aromatic N) is 1. The Kier molecular flexibility index (Phi) is 4.46. The second-order valence-corrected chi connectivity index (χ2v) is 4.67. The second-order valence-electron chi connectivity index (χ2n) is 3.81. The lowest BCUT2D eigenvalue weighted by molar-refractivity contribution is -0.274. The summed E-state index contributed by atoms with van der Waals surface area (Å²) in [7, 11) is 0. The molecule has 0 aliphatic rings. The van der Waals surface area contributed by atoms with E-state index in [4.69, 9.17) is 4.74 Å². The van der Waals surface area contributed by atoms with Crippen LogP contribution in [0, 0.1) is 0 Å². The van der Waals surface area contributed by atoms with Crippen molar-refractivity contribution in [3.63, 3.8) is 0 Å². The number of pyridine rings is 1. The minimum absolute atomic E-state index is 0.0804. The van der Waals surface area contributed by atoms with Crippen LogP contribution in [0.15, 0.2) is 41.1 Å². The molecule has 0 saturated carbocycles. The van der Waals surface area contributed by atoms with Crippen molar-refractivity contribution in [1.29, 1.82) is 0 Å². The van der Waals surface area contributed by atoms with Gasteiger partial charge in [0.15, 0.2) is 6.29 Å². The van der Waals surface area contributed by atoms with Crippen LogP contribution in [-0.4, -0.2) is 17.6 Å². The maximum absolute atomic E-state index is 12.1. The third-order valence-electron chi connectivity index (χ3n) is 2.24. The number of carbonyl (C=O) groups is 1. The van der Waals surface area contributed by atoms with Gasteiger partial charge in [0.05, 0.1) is 10.7 Å². The predicted octanol–water partition coefficient (Wildman–Crippen LogP) is 4.35. The summed E-state index contributed by atoms with van der Waals surface area (Å²) >= 11 is 2.96. The van der Waals surface area contributed by atoms with Gasteiger partial charge in [-0.25, -0.2) is 0 Å². The van der Waals surface area contributed by atoms with Crippen molar-refractivity contribution in [1.82, 2.24) is 4.98 Å². The maximum atomic E-state index is 12.1. The number of rotatable bonds is 4. The summed E-state index contributed by atoms with van der Waals surface area (Å²) in [5, 5.41) is 0. The molecule has 1 aromatic carbocycles. The molecule has 0 bridgehead atoms. The van der Waals surface area contributed by atoms with Crippen molar-refractivity contribution in [2.24, 2.45) is 0 Å². The number of hydrogen-bond acceptors (Lipinski definition) is 4. The summed E-state index contributed by atoms with van der Waals surface area (Å²) < 4.78 is 45.7. The van der Waals surface area contributed by atoms with Crippen molar-refractivity contribution in [3.8, 4) is 17.2 Å². The van der Waals surface area contributed by atoms with Gasteiger partial charge in [0, 0.05) is 11.8 Å². The summed E-state index contributed by atoms with van der Waals surface area (Å²) in [5.41, 5.74) is 0.323. The minimum Gasteiger partial charge on any atom is -0.456 e. The van der Waals surface area contributed by atoms with Crippen LogP contribution < -0.4 is 9.47 Å². The van der Waals surface area contributed by atoms with Crippen molar-refractivity contribution in [3.05, 3.63) is 46.7 Å². The fraction of sp³-hybridized carbons (Fsp3) is 0.0769. The lowest BCUT2D eigenvalue weighted by atomic mass is 10.3. The Bertz CT molecular complexity index is 661. The molecule has 0 aliphatic carbocycles. The van der Waals surface area contributed by atoms with Crippen molar-refractivity contribution in [2.75, 3.05) is 0 Å². The standard InChI is InChI=1S/C13H7BrF3NO3/c14-11-4-9(1-2-12(11)21-13(15,16)17)20-10-3-8(7-19)5-18-6-10/h1-7H. The van der Waals surface area contributed by atoms with Gasteiger partial charge in [-0.1, -0.05) is 0 Å². The van der Waals surface area contributed by atoms with Gasteiger partial charge in [-0.15, -0.1) is 13.2 Å². The van der Waals surface area contributed by atoms with Crippen molar-refractivity contribution < 1.29 is 27.4 Å². The van der Waals surface area contributed by atoms with Gasteiger partial charge >= 0.3 is 6.36 Å². The molecule has 21 heavy (non-hydrogen) atoms. The molecule has 0 spiro atoms. The first-order valence-electron chi connectivity index (χ1n) is 5.51. The monoisotopic (exact) mass is 361 g/mol. The molecule has 1 heterocycles. The first-order chi connectivity index (χ1) is 9.87. The Hall–Kier alpha value is -2.09. The maximum Gasteiger partial charge on any atom is 0.573 e. The van der Waals surface area contributed by atoms with Crippen LogP contribution in [0.5, 0.6) is 17.2 Å². The van der Waals surface area contributed by atoms with Gasteiger partial charge < -0.3 is 9.47 Å². The number of aldehydes is 1. The van der Waals surface area contributed by atoms with E-state index in [9.17, 15) is 18.0 Å². The van der Waals surface area contributed by atoms with Gasteiger partial charge in [-0.2, -0.15) is 0 Å². The molecule has 110 valence electrons.